The number of hydrogen-bond acceptors (Lipinski definition) is 2. The lowest BCUT2D eigenvalue weighted by Crippen LogP contribution is -2.22. The number of benzene rings is 1. The summed E-state index contributed by atoms with van der Waals surface area (Å²) in [7, 11) is -0.289. The summed E-state index contributed by atoms with van der Waals surface area (Å²) in [6.45, 7) is 0. The summed E-state index contributed by atoms with van der Waals surface area (Å²) < 4.78 is 24.8. The van der Waals surface area contributed by atoms with Crippen LogP contribution in [0.4, 0.5) is 0 Å². The zero-order valence-electron chi connectivity index (χ0n) is 8.56. The molecule has 1 heterocycles. The maximum absolute atomic E-state index is 11.8. The molecule has 0 spiro atoms. The number of nitrogens with one attached hydrogen (secondary N) is 1. The maximum atomic E-state index is 11.8. The van der Waals surface area contributed by atoms with Gasteiger partial charge in [0, 0.05) is 25.8 Å². The van der Waals surface area contributed by atoms with Crippen LogP contribution >= 0.6 is 0 Å². The number of nitrogens with zero attached hydrogens (tertiary/aromatic N) is 1. The van der Waals surface area contributed by atoms with Gasteiger partial charge in [-0.25, -0.2) is 12.7 Å². The predicted molar refractivity (Wildman–Crippen MR) is 59.2 cm³/mol. The molecule has 0 radical (unpaired) electrons. The molecule has 0 saturated carbocycles. The maximum Gasteiger partial charge on any atom is 0.242 e. The van der Waals surface area contributed by atoms with E-state index in [1.807, 2.05) is 6.07 Å². The summed E-state index contributed by atoms with van der Waals surface area (Å²) in [5.41, 5.74) is 0.831. The molecule has 0 atom stereocenters. The molecule has 0 bridgehead atoms. The largest absolute Gasteiger partial charge is 0.361 e. The summed E-state index contributed by atoms with van der Waals surface area (Å²) >= 11 is 0. The van der Waals surface area contributed by atoms with Crippen molar-refractivity contribution in [2.75, 3.05) is 14.1 Å². The molecular formula is C10H12N2O2S. The Kier molecular flexibility index (Phi) is 2.28. The van der Waals surface area contributed by atoms with Crippen LogP contribution < -0.4 is 0 Å². The van der Waals surface area contributed by atoms with Gasteiger partial charge in [0.15, 0.2) is 0 Å². The molecular weight excluding hydrogens is 212 g/mol. The molecule has 0 saturated heterocycles. The van der Waals surface area contributed by atoms with Crippen LogP contribution in [0.15, 0.2) is 35.4 Å². The van der Waals surface area contributed by atoms with Crippen molar-refractivity contribution in [1.82, 2.24) is 9.29 Å². The number of hydrogen-bond donors (Lipinski definition) is 1. The number of fused-ring (bicyclic) bond motifs is 1. The molecule has 1 N–H and O–H groups in total. The van der Waals surface area contributed by atoms with Gasteiger partial charge in [-0.3, -0.25) is 0 Å². The molecule has 5 heteroatoms. The Morgan fingerprint density at radius 2 is 1.93 bits per heavy atom. The fourth-order valence-electron chi connectivity index (χ4n) is 1.40. The standard InChI is InChI=1S/C10H12N2O2S/c1-12(2)15(13,14)9-4-3-8-5-6-11-10(8)7-9/h3-7,11H,1-2H3. The van der Waals surface area contributed by atoms with Gasteiger partial charge in [-0.05, 0) is 23.6 Å². The van der Waals surface area contributed by atoms with Crippen LogP contribution in [0.3, 0.4) is 0 Å². The Morgan fingerprint density at radius 1 is 1.20 bits per heavy atom. The predicted octanol–water partition coefficient (Wildman–Crippen LogP) is 1.42. The van der Waals surface area contributed by atoms with Crippen LogP contribution in [0.1, 0.15) is 0 Å². The second kappa shape index (κ2) is 3.36. The molecule has 1 aromatic heterocycles. The molecule has 0 aliphatic heterocycles. The SMILES string of the molecule is CN(C)S(=O)(=O)c1ccc2cc[nH]c2c1. The third-order valence-corrected chi connectivity index (χ3v) is 4.12. The second-order valence-corrected chi connectivity index (χ2v) is 5.67. The van der Waals surface area contributed by atoms with Crippen molar-refractivity contribution in [3.8, 4) is 0 Å². The van der Waals surface area contributed by atoms with Crippen LogP contribution in [0.25, 0.3) is 10.9 Å². The van der Waals surface area contributed by atoms with Gasteiger partial charge < -0.3 is 4.98 Å². The van der Waals surface area contributed by atoms with Crippen molar-refractivity contribution in [2.24, 2.45) is 0 Å². The molecule has 2 rings (SSSR count). The zero-order chi connectivity index (χ0) is 11.1. The van der Waals surface area contributed by atoms with E-state index in [4.69, 9.17) is 0 Å². The van der Waals surface area contributed by atoms with Crippen LogP contribution in [0.5, 0.6) is 0 Å². The van der Waals surface area contributed by atoms with E-state index in [-0.39, 0.29) is 0 Å². The fraction of sp³-hybridized carbons (Fsp3) is 0.200. The topological polar surface area (TPSA) is 53.2 Å². The van der Waals surface area contributed by atoms with Gasteiger partial charge in [-0.2, -0.15) is 0 Å². The normalized spacial score (nSPS) is 12.5. The summed E-state index contributed by atoms with van der Waals surface area (Å²) in [5, 5.41) is 1.01. The molecule has 0 fully saturated rings. The third-order valence-electron chi connectivity index (χ3n) is 2.31. The van der Waals surface area contributed by atoms with E-state index in [9.17, 15) is 8.42 Å². The van der Waals surface area contributed by atoms with Crippen LogP contribution in [0, 0.1) is 0 Å². The van der Waals surface area contributed by atoms with Crippen molar-refractivity contribution in [3.05, 3.63) is 30.5 Å². The van der Waals surface area contributed by atoms with Gasteiger partial charge in [0.1, 0.15) is 0 Å². The molecule has 0 aliphatic rings. The first-order valence-corrected chi connectivity index (χ1v) is 5.95. The average Bonchev–Trinajstić information content (AvgIpc) is 2.63. The summed E-state index contributed by atoms with van der Waals surface area (Å²) in [5.74, 6) is 0. The van der Waals surface area contributed by atoms with Gasteiger partial charge in [0.2, 0.25) is 10.0 Å². The van der Waals surface area contributed by atoms with Crippen LogP contribution in [-0.4, -0.2) is 31.8 Å². The highest BCUT2D eigenvalue weighted by atomic mass is 32.2. The second-order valence-electron chi connectivity index (χ2n) is 3.51. The molecule has 15 heavy (non-hydrogen) atoms. The van der Waals surface area contributed by atoms with E-state index in [0.29, 0.717) is 4.90 Å². The summed E-state index contributed by atoms with van der Waals surface area (Å²) in [6.07, 6.45) is 1.79. The van der Waals surface area contributed by atoms with Crippen molar-refractivity contribution >= 4 is 20.9 Å². The van der Waals surface area contributed by atoms with Gasteiger partial charge in [0.05, 0.1) is 4.90 Å². The van der Waals surface area contributed by atoms with E-state index < -0.39 is 10.0 Å². The Bertz CT molecular complexity index is 584. The lowest BCUT2D eigenvalue weighted by molar-refractivity contribution is 0.521. The summed E-state index contributed by atoms with van der Waals surface area (Å²) in [4.78, 5) is 3.30. The number of aromatic amines is 1. The van der Waals surface area contributed by atoms with Crippen molar-refractivity contribution in [2.45, 2.75) is 4.90 Å². The van der Waals surface area contributed by atoms with Crippen molar-refractivity contribution < 1.29 is 8.42 Å². The number of H-pyrrole nitrogens is 1. The molecule has 0 unspecified atom stereocenters. The van der Waals surface area contributed by atoms with Gasteiger partial charge in [-0.15, -0.1) is 0 Å². The first-order chi connectivity index (χ1) is 7.01. The molecule has 80 valence electrons. The van der Waals surface area contributed by atoms with Crippen LogP contribution in [0.2, 0.25) is 0 Å². The molecule has 1 aromatic carbocycles. The first kappa shape index (κ1) is 10.2. The minimum atomic E-state index is -3.33. The fourth-order valence-corrected chi connectivity index (χ4v) is 2.33. The molecule has 0 aliphatic carbocycles. The highest BCUT2D eigenvalue weighted by Gasteiger charge is 2.17. The van der Waals surface area contributed by atoms with Crippen molar-refractivity contribution in [1.29, 1.82) is 0 Å². The van der Waals surface area contributed by atoms with E-state index in [2.05, 4.69) is 4.98 Å². The Morgan fingerprint density at radius 3 is 2.60 bits per heavy atom. The Labute approximate surface area is 88.6 Å². The molecule has 4 nitrogen and oxygen atoms in total. The van der Waals surface area contributed by atoms with Gasteiger partial charge in [0.25, 0.3) is 0 Å². The highest BCUT2D eigenvalue weighted by molar-refractivity contribution is 7.89. The van der Waals surface area contributed by atoms with Gasteiger partial charge in [-0.1, -0.05) is 6.07 Å². The average molecular weight is 224 g/mol. The molecule has 0 amide bonds. The lowest BCUT2D eigenvalue weighted by atomic mass is 10.2. The Hall–Kier alpha value is -1.33. The van der Waals surface area contributed by atoms with Crippen LogP contribution in [-0.2, 0) is 10.0 Å². The minimum Gasteiger partial charge on any atom is -0.361 e. The number of aromatic nitrogens is 1. The summed E-state index contributed by atoms with van der Waals surface area (Å²) in [6, 6.07) is 6.96. The van der Waals surface area contributed by atoms with E-state index in [0.717, 1.165) is 10.9 Å². The smallest absolute Gasteiger partial charge is 0.242 e. The minimum absolute atomic E-state index is 0.308. The lowest BCUT2D eigenvalue weighted by Gasteiger charge is -2.10. The molecule has 2 aromatic rings. The van der Waals surface area contributed by atoms with E-state index >= 15 is 0 Å². The number of rotatable bonds is 2. The van der Waals surface area contributed by atoms with Crippen molar-refractivity contribution in [3.63, 3.8) is 0 Å². The van der Waals surface area contributed by atoms with E-state index in [1.54, 1.807) is 24.4 Å². The monoisotopic (exact) mass is 224 g/mol. The van der Waals surface area contributed by atoms with Gasteiger partial charge >= 0.3 is 0 Å². The quantitative estimate of drug-likeness (QED) is 0.838. The first-order valence-electron chi connectivity index (χ1n) is 4.51. The zero-order valence-corrected chi connectivity index (χ0v) is 9.38. The number of sulfonamides is 1. The van der Waals surface area contributed by atoms with E-state index in [1.165, 1.54) is 18.4 Å². The third kappa shape index (κ3) is 1.64. The highest BCUT2D eigenvalue weighted by Crippen LogP contribution is 2.19. The Balaban J connectivity index is 2.63.